The molecule has 0 aliphatic heterocycles. The zero-order valence-electron chi connectivity index (χ0n) is 12.2. The molecule has 0 spiro atoms. The summed E-state index contributed by atoms with van der Waals surface area (Å²) in [5.41, 5.74) is 1.71. The molecule has 0 radical (unpaired) electrons. The average Bonchev–Trinajstić information content (AvgIpc) is 2.59. The van der Waals surface area contributed by atoms with Crippen LogP contribution in [0.1, 0.15) is 11.1 Å². The van der Waals surface area contributed by atoms with Gasteiger partial charge in [-0.1, -0.05) is 36.4 Å². The van der Waals surface area contributed by atoms with Gasteiger partial charge in [0.15, 0.2) is 0 Å². The first-order chi connectivity index (χ1) is 10.8. The summed E-state index contributed by atoms with van der Waals surface area (Å²) >= 11 is 0. The van der Waals surface area contributed by atoms with Gasteiger partial charge < -0.3 is 9.47 Å². The van der Waals surface area contributed by atoms with E-state index in [1.807, 2.05) is 54.6 Å². The Morgan fingerprint density at radius 2 is 1.82 bits per heavy atom. The van der Waals surface area contributed by atoms with Crippen molar-refractivity contribution in [3.63, 3.8) is 0 Å². The molecule has 0 saturated carbocycles. The largest absolute Gasteiger partial charge is 0.497 e. The van der Waals surface area contributed by atoms with Crippen molar-refractivity contribution in [1.82, 2.24) is 0 Å². The smallest absolute Gasteiger partial charge is 0.131 e. The minimum absolute atomic E-state index is 0.472. The molecular weight excluding hydrogens is 274 g/mol. The summed E-state index contributed by atoms with van der Waals surface area (Å²) < 4.78 is 11.3. The van der Waals surface area contributed by atoms with Crippen molar-refractivity contribution in [3.8, 4) is 17.6 Å². The van der Waals surface area contributed by atoms with Gasteiger partial charge in [0.25, 0.3) is 0 Å². The molecule has 0 saturated heterocycles. The van der Waals surface area contributed by atoms with Crippen LogP contribution in [-0.2, 0) is 6.61 Å². The lowest BCUT2D eigenvalue weighted by Gasteiger charge is -2.12. The molecule has 3 aromatic carbocycles. The van der Waals surface area contributed by atoms with E-state index in [0.29, 0.717) is 12.2 Å². The summed E-state index contributed by atoms with van der Waals surface area (Å²) in [6.45, 7) is 0.472. The second-order valence-corrected chi connectivity index (χ2v) is 4.95. The van der Waals surface area contributed by atoms with E-state index in [4.69, 9.17) is 14.7 Å². The Balaban J connectivity index is 2.00. The predicted molar refractivity (Wildman–Crippen MR) is 86.0 cm³/mol. The lowest BCUT2D eigenvalue weighted by Crippen LogP contribution is -1.97. The second kappa shape index (κ2) is 6.19. The van der Waals surface area contributed by atoms with Gasteiger partial charge in [0.1, 0.15) is 18.1 Å². The van der Waals surface area contributed by atoms with Crippen molar-refractivity contribution < 1.29 is 9.47 Å². The Bertz CT molecular complexity index is 835. The van der Waals surface area contributed by atoms with Crippen molar-refractivity contribution in [2.24, 2.45) is 0 Å². The number of fused-ring (bicyclic) bond motifs is 1. The molecule has 0 aromatic heterocycles. The minimum Gasteiger partial charge on any atom is -0.497 e. The van der Waals surface area contributed by atoms with E-state index in [1.165, 1.54) is 0 Å². The van der Waals surface area contributed by atoms with E-state index < -0.39 is 0 Å². The number of hydrogen-bond donors (Lipinski definition) is 0. The lowest BCUT2D eigenvalue weighted by molar-refractivity contribution is 0.307. The van der Waals surface area contributed by atoms with Crippen molar-refractivity contribution in [3.05, 3.63) is 71.8 Å². The SMILES string of the molecule is COc1cc(OCc2ccccc2)c2cc(C#N)ccc2c1. The van der Waals surface area contributed by atoms with Crippen LogP contribution in [0.4, 0.5) is 0 Å². The molecule has 0 aliphatic rings. The van der Waals surface area contributed by atoms with Crippen LogP contribution in [0, 0.1) is 11.3 Å². The monoisotopic (exact) mass is 289 g/mol. The Hall–Kier alpha value is -2.99. The number of nitriles is 1. The van der Waals surface area contributed by atoms with Crippen LogP contribution < -0.4 is 9.47 Å². The molecule has 22 heavy (non-hydrogen) atoms. The topological polar surface area (TPSA) is 42.2 Å². The number of benzene rings is 3. The van der Waals surface area contributed by atoms with Crippen LogP contribution in [0.5, 0.6) is 11.5 Å². The third kappa shape index (κ3) is 2.87. The van der Waals surface area contributed by atoms with Crippen LogP contribution in [0.25, 0.3) is 10.8 Å². The maximum Gasteiger partial charge on any atom is 0.131 e. The van der Waals surface area contributed by atoms with Crippen molar-refractivity contribution in [1.29, 1.82) is 5.26 Å². The molecule has 0 fully saturated rings. The molecule has 0 bridgehead atoms. The number of nitrogens with zero attached hydrogens (tertiary/aromatic N) is 1. The standard InChI is InChI=1S/C19H15NO2/c1-21-17-10-16-8-7-15(12-20)9-18(16)19(11-17)22-13-14-5-3-2-4-6-14/h2-11H,13H2,1H3. The van der Waals surface area contributed by atoms with Crippen molar-refractivity contribution in [2.75, 3.05) is 7.11 Å². The van der Waals surface area contributed by atoms with Gasteiger partial charge in [-0.25, -0.2) is 0 Å². The van der Waals surface area contributed by atoms with Crippen LogP contribution in [0.2, 0.25) is 0 Å². The maximum absolute atomic E-state index is 9.08. The molecule has 0 atom stereocenters. The Kier molecular flexibility index (Phi) is 3.93. The lowest BCUT2D eigenvalue weighted by atomic mass is 10.1. The molecule has 0 N–H and O–H groups in total. The molecule has 3 nitrogen and oxygen atoms in total. The summed E-state index contributed by atoms with van der Waals surface area (Å²) in [6.07, 6.45) is 0. The van der Waals surface area contributed by atoms with Gasteiger partial charge in [-0.05, 0) is 29.1 Å². The molecule has 0 aliphatic carbocycles. The highest BCUT2D eigenvalue weighted by molar-refractivity contribution is 5.90. The van der Waals surface area contributed by atoms with Gasteiger partial charge >= 0.3 is 0 Å². The number of methoxy groups -OCH3 is 1. The third-order valence-corrected chi connectivity index (χ3v) is 3.49. The summed E-state index contributed by atoms with van der Waals surface area (Å²) in [6, 6.07) is 21.5. The number of rotatable bonds is 4. The Morgan fingerprint density at radius 3 is 2.55 bits per heavy atom. The Morgan fingerprint density at radius 1 is 1.00 bits per heavy atom. The fraction of sp³-hybridized carbons (Fsp3) is 0.105. The van der Waals surface area contributed by atoms with E-state index in [2.05, 4.69) is 6.07 Å². The zero-order valence-corrected chi connectivity index (χ0v) is 12.2. The normalized spacial score (nSPS) is 10.2. The van der Waals surface area contributed by atoms with E-state index in [9.17, 15) is 0 Å². The highest BCUT2D eigenvalue weighted by atomic mass is 16.5. The molecular formula is C19H15NO2. The zero-order chi connectivity index (χ0) is 15.4. The quantitative estimate of drug-likeness (QED) is 0.719. The molecule has 0 amide bonds. The van der Waals surface area contributed by atoms with Gasteiger partial charge in [0.05, 0.1) is 18.7 Å². The fourth-order valence-corrected chi connectivity index (χ4v) is 2.34. The van der Waals surface area contributed by atoms with E-state index >= 15 is 0 Å². The maximum atomic E-state index is 9.08. The van der Waals surface area contributed by atoms with Crippen LogP contribution in [0.15, 0.2) is 60.7 Å². The summed E-state index contributed by atoms with van der Waals surface area (Å²) in [4.78, 5) is 0. The van der Waals surface area contributed by atoms with Gasteiger partial charge in [-0.2, -0.15) is 5.26 Å². The molecule has 3 rings (SSSR count). The predicted octanol–water partition coefficient (Wildman–Crippen LogP) is 4.30. The molecule has 3 heteroatoms. The van der Waals surface area contributed by atoms with Crippen molar-refractivity contribution in [2.45, 2.75) is 6.61 Å². The Labute approximate surface area is 129 Å². The summed E-state index contributed by atoms with van der Waals surface area (Å²) in [5.74, 6) is 1.45. The minimum atomic E-state index is 0.472. The van der Waals surface area contributed by atoms with E-state index in [0.717, 1.165) is 27.8 Å². The first-order valence-electron chi connectivity index (χ1n) is 6.99. The highest BCUT2D eigenvalue weighted by Crippen LogP contribution is 2.32. The molecule has 0 unspecified atom stereocenters. The van der Waals surface area contributed by atoms with Crippen LogP contribution in [-0.4, -0.2) is 7.11 Å². The number of hydrogen-bond acceptors (Lipinski definition) is 3. The fourth-order valence-electron chi connectivity index (χ4n) is 2.34. The van der Waals surface area contributed by atoms with E-state index in [-0.39, 0.29) is 0 Å². The van der Waals surface area contributed by atoms with Crippen LogP contribution in [0.3, 0.4) is 0 Å². The van der Waals surface area contributed by atoms with Crippen LogP contribution >= 0.6 is 0 Å². The van der Waals surface area contributed by atoms with Gasteiger partial charge in [0.2, 0.25) is 0 Å². The molecule has 3 aromatic rings. The summed E-state index contributed by atoms with van der Waals surface area (Å²) in [7, 11) is 1.63. The van der Waals surface area contributed by atoms with Gasteiger partial charge in [0, 0.05) is 11.5 Å². The van der Waals surface area contributed by atoms with E-state index in [1.54, 1.807) is 13.2 Å². The highest BCUT2D eigenvalue weighted by Gasteiger charge is 2.07. The second-order valence-electron chi connectivity index (χ2n) is 4.95. The summed E-state index contributed by atoms with van der Waals surface area (Å²) in [5, 5.41) is 11.0. The van der Waals surface area contributed by atoms with Gasteiger partial charge in [-0.15, -0.1) is 0 Å². The third-order valence-electron chi connectivity index (χ3n) is 3.49. The number of ether oxygens (including phenoxy) is 2. The van der Waals surface area contributed by atoms with Crippen molar-refractivity contribution >= 4 is 10.8 Å². The van der Waals surface area contributed by atoms with Gasteiger partial charge in [-0.3, -0.25) is 0 Å². The molecule has 0 heterocycles. The molecule has 108 valence electrons. The first-order valence-corrected chi connectivity index (χ1v) is 6.99. The first kappa shape index (κ1) is 14.0. The average molecular weight is 289 g/mol.